The number of rotatable bonds is 7. The summed E-state index contributed by atoms with van der Waals surface area (Å²) < 4.78 is 44.5. The van der Waals surface area contributed by atoms with Crippen LogP contribution in [0.25, 0.3) is 0 Å². The van der Waals surface area contributed by atoms with Gasteiger partial charge in [-0.1, -0.05) is 24.3 Å². The summed E-state index contributed by atoms with van der Waals surface area (Å²) in [4.78, 5) is 0.0427. The van der Waals surface area contributed by atoms with E-state index in [0.29, 0.717) is 18.6 Å². The van der Waals surface area contributed by atoms with Crippen LogP contribution >= 0.6 is 0 Å². The van der Waals surface area contributed by atoms with Crippen molar-refractivity contribution < 1.29 is 22.6 Å². The quantitative estimate of drug-likeness (QED) is 0.800. The van der Waals surface area contributed by atoms with Gasteiger partial charge in [-0.25, -0.2) is 13.1 Å². The van der Waals surface area contributed by atoms with Crippen molar-refractivity contribution in [1.82, 2.24) is 4.72 Å². The number of ether oxygens (including phenoxy) is 3. The van der Waals surface area contributed by atoms with Gasteiger partial charge in [0.2, 0.25) is 10.0 Å². The minimum atomic E-state index is -3.79. The summed E-state index contributed by atoms with van der Waals surface area (Å²) in [5.41, 5.74) is 1.78. The molecule has 0 saturated heterocycles. The summed E-state index contributed by atoms with van der Waals surface area (Å²) in [7, 11) is 0.747. The van der Waals surface area contributed by atoms with Crippen molar-refractivity contribution in [1.29, 1.82) is 0 Å². The Bertz CT molecular complexity index is 870. The van der Waals surface area contributed by atoms with Crippen LogP contribution in [0.4, 0.5) is 0 Å². The second kappa shape index (κ2) is 7.26. The molecule has 7 heteroatoms. The van der Waals surface area contributed by atoms with E-state index in [9.17, 15) is 8.42 Å². The fourth-order valence-corrected chi connectivity index (χ4v) is 4.59. The van der Waals surface area contributed by atoms with E-state index in [-0.39, 0.29) is 17.2 Å². The first kappa shape index (κ1) is 18.7. The highest BCUT2D eigenvalue weighted by Crippen LogP contribution is 2.33. The molecule has 2 aromatic rings. The normalized spacial score (nSPS) is 15.5. The van der Waals surface area contributed by atoms with Gasteiger partial charge in [-0.2, -0.15) is 0 Å². The summed E-state index contributed by atoms with van der Waals surface area (Å²) in [5, 5.41) is 0. The van der Waals surface area contributed by atoms with Crippen LogP contribution in [-0.2, 0) is 27.6 Å². The lowest BCUT2D eigenvalue weighted by Crippen LogP contribution is -2.45. The maximum atomic E-state index is 12.9. The molecule has 0 atom stereocenters. The van der Waals surface area contributed by atoms with Gasteiger partial charge in [0, 0.05) is 32.6 Å². The minimum absolute atomic E-state index is 0.0427. The third-order valence-electron chi connectivity index (χ3n) is 4.82. The lowest BCUT2D eigenvalue weighted by Gasteiger charge is -2.27. The molecule has 3 rings (SSSR count). The largest absolute Gasteiger partial charge is 0.497 e. The summed E-state index contributed by atoms with van der Waals surface area (Å²) in [6, 6.07) is 12.7. The molecule has 0 aliphatic heterocycles. The predicted octanol–water partition coefficient (Wildman–Crippen LogP) is 2.17. The average Bonchev–Trinajstić information content (AvgIpc) is 3.05. The summed E-state index contributed by atoms with van der Waals surface area (Å²) in [5.74, 6) is 0.709. The Labute approximate surface area is 154 Å². The van der Waals surface area contributed by atoms with E-state index >= 15 is 0 Å². The number of methoxy groups -OCH3 is 3. The number of hydrogen-bond donors (Lipinski definition) is 1. The zero-order chi connectivity index (χ0) is 18.8. The minimum Gasteiger partial charge on any atom is -0.497 e. The highest BCUT2D eigenvalue weighted by molar-refractivity contribution is 7.89. The standard InChI is InChI=1S/C19H23NO5S/c1-23-16-8-9-17(24-2)18(10-16)26(21,22)20-13-19(25-3)11-14-6-4-5-7-15(14)12-19/h4-10,20H,11-13H2,1-3H3. The number of sulfonamides is 1. The Morgan fingerprint density at radius 3 is 2.19 bits per heavy atom. The van der Waals surface area contributed by atoms with Crippen molar-refractivity contribution in [2.75, 3.05) is 27.9 Å². The molecule has 0 heterocycles. The van der Waals surface area contributed by atoms with Gasteiger partial charge in [0.25, 0.3) is 0 Å². The van der Waals surface area contributed by atoms with Gasteiger partial charge in [-0.15, -0.1) is 0 Å². The molecular formula is C19H23NO5S. The van der Waals surface area contributed by atoms with E-state index in [4.69, 9.17) is 14.2 Å². The highest BCUT2D eigenvalue weighted by Gasteiger charge is 2.38. The lowest BCUT2D eigenvalue weighted by atomic mass is 10.0. The van der Waals surface area contributed by atoms with Crippen molar-refractivity contribution in [2.24, 2.45) is 0 Å². The summed E-state index contributed by atoms with van der Waals surface area (Å²) in [6.07, 6.45) is 1.33. The Morgan fingerprint density at radius 1 is 1.00 bits per heavy atom. The monoisotopic (exact) mass is 377 g/mol. The molecule has 1 aliphatic rings. The van der Waals surface area contributed by atoms with Crippen LogP contribution in [0.15, 0.2) is 47.4 Å². The van der Waals surface area contributed by atoms with Gasteiger partial charge in [0.1, 0.15) is 16.4 Å². The molecule has 2 aromatic carbocycles. The third kappa shape index (κ3) is 3.56. The molecule has 0 saturated carbocycles. The van der Waals surface area contributed by atoms with Crippen LogP contribution in [-0.4, -0.2) is 41.9 Å². The Balaban J connectivity index is 1.83. The van der Waals surface area contributed by atoms with Gasteiger partial charge >= 0.3 is 0 Å². The molecule has 0 bridgehead atoms. The van der Waals surface area contributed by atoms with E-state index < -0.39 is 15.6 Å². The molecule has 1 N–H and O–H groups in total. The zero-order valence-corrected chi connectivity index (χ0v) is 15.9. The molecule has 1 aliphatic carbocycles. The van der Waals surface area contributed by atoms with Gasteiger partial charge in [-0.05, 0) is 23.3 Å². The predicted molar refractivity (Wildman–Crippen MR) is 98.3 cm³/mol. The maximum Gasteiger partial charge on any atom is 0.244 e. The number of nitrogens with one attached hydrogen (secondary N) is 1. The van der Waals surface area contributed by atoms with Crippen molar-refractivity contribution in [2.45, 2.75) is 23.3 Å². The summed E-state index contributed by atoms with van der Waals surface area (Å²) in [6.45, 7) is 0.168. The topological polar surface area (TPSA) is 73.9 Å². The number of benzene rings is 2. The van der Waals surface area contributed by atoms with Crippen LogP contribution in [0.5, 0.6) is 11.5 Å². The van der Waals surface area contributed by atoms with Crippen molar-refractivity contribution in [3.63, 3.8) is 0 Å². The number of hydrogen-bond acceptors (Lipinski definition) is 5. The molecule has 0 spiro atoms. The average molecular weight is 377 g/mol. The first-order chi connectivity index (χ1) is 12.4. The number of fused-ring (bicyclic) bond motifs is 1. The van der Waals surface area contributed by atoms with Gasteiger partial charge in [0.05, 0.1) is 19.8 Å². The molecule has 0 amide bonds. The molecule has 140 valence electrons. The molecule has 6 nitrogen and oxygen atoms in total. The van der Waals surface area contributed by atoms with E-state index in [1.807, 2.05) is 12.1 Å². The fraction of sp³-hybridized carbons (Fsp3) is 0.368. The van der Waals surface area contributed by atoms with E-state index in [1.54, 1.807) is 19.2 Å². The second-order valence-electron chi connectivity index (χ2n) is 6.35. The molecule has 26 heavy (non-hydrogen) atoms. The van der Waals surface area contributed by atoms with Crippen LogP contribution in [0.1, 0.15) is 11.1 Å². The van der Waals surface area contributed by atoms with Crippen molar-refractivity contribution in [3.05, 3.63) is 53.6 Å². The second-order valence-corrected chi connectivity index (χ2v) is 8.09. The third-order valence-corrected chi connectivity index (χ3v) is 6.24. The highest BCUT2D eigenvalue weighted by atomic mass is 32.2. The van der Waals surface area contributed by atoms with Crippen LogP contribution < -0.4 is 14.2 Å². The molecule has 0 aromatic heterocycles. The summed E-state index contributed by atoms with van der Waals surface area (Å²) >= 11 is 0. The van der Waals surface area contributed by atoms with Crippen LogP contribution in [0, 0.1) is 0 Å². The first-order valence-corrected chi connectivity index (χ1v) is 9.75. The van der Waals surface area contributed by atoms with Gasteiger partial charge in [-0.3, -0.25) is 0 Å². The fourth-order valence-electron chi connectivity index (χ4n) is 3.30. The van der Waals surface area contributed by atoms with Crippen molar-refractivity contribution in [3.8, 4) is 11.5 Å². The SMILES string of the molecule is COc1ccc(OC)c(S(=O)(=O)NCC2(OC)Cc3ccccc3C2)c1. The van der Waals surface area contributed by atoms with Crippen molar-refractivity contribution >= 4 is 10.0 Å². The Kier molecular flexibility index (Phi) is 5.22. The van der Waals surface area contributed by atoms with E-state index in [2.05, 4.69) is 16.9 Å². The molecular weight excluding hydrogens is 354 g/mol. The Morgan fingerprint density at radius 2 is 1.65 bits per heavy atom. The molecule has 0 radical (unpaired) electrons. The van der Waals surface area contributed by atoms with Gasteiger partial charge < -0.3 is 14.2 Å². The maximum absolute atomic E-state index is 12.9. The smallest absolute Gasteiger partial charge is 0.244 e. The van der Waals surface area contributed by atoms with Crippen LogP contribution in [0.2, 0.25) is 0 Å². The van der Waals surface area contributed by atoms with E-state index in [0.717, 1.165) is 0 Å². The van der Waals surface area contributed by atoms with Gasteiger partial charge in [0.15, 0.2) is 0 Å². The molecule has 0 fully saturated rings. The first-order valence-electron chi connectivity index (χ1n) is 8.27. The molecule has 0 unspecified atom stereocenters. The lowest BCUT2D eigenvalue weighted by molar-refractivity contribution is 0.00377. The Hall–Kier alpha value is -2.09. The van der Waals surface area contributed by atoms with E-state index in [1.165, 1.54) is 31.4 Å². The van der Waals surface area contributed by atoms with Crippen LogP contribution in [0.3, 0.4) is 0 Å². The zero-order valence-electron chi connectivity index (χ0n) is 15.1.